The first-order valence-electron chi connectivity index (χ1n) is 12.5. The van der Waals surface area contributed by atoms with Gasteiger partial charge in [-0.2, -0.15) is 0 Å². The SMILES string of the molecule is COC(=O)c1ccccc1.COc1cc(C)c2c(ccn2C(=O)OC(C)(C)C)c1CN1CCC(O)CC1. The molecule has 2 heterocycles. The van der Waals surface area contributed by atoms with Gasteiger partial charge in [0.25, 0.3) is 0 Å². The summed E-state index contributed by atoms with van der Waals surface area (Å²) in [6.07, 6.45) is 2.77. The molecule has 1 N–H and O–H groups in total. The van der Waals surface area contributed by atoms with Crippen LogP contribution in [0.1, 0.15) is 55.1 Å². The fourth-order valence-corrected chi connectivity index (χ4v) is 4.36. The summed E-state index contributed by atoms with van der Waals surface area (Å²) in [6.45, 7) is 10.0. The number of carbonyl (C=O) groups is 2. The van der Waals surface area contributed by atoms with Crippen molar-refractivity contribution < 1.29 is 28.9 Å². The number of piperidine rings is 1. The Bertz CT molecular complexity index is 1200. The molecule has 200 valence electrons. The highest BCUT2D eigenvalue weighted by molar-refractivity contribution is 5.95. The summed E-state index contributed by atoms with van der Waals surface area (Å²) in [6, 6.07) is 12.8. The first kappa shape index (κ1) is 28.2. The van der Waals surface area contributed by atoms with Gasteiger partial charge in [-0.15, -0.1) is 0 Å². The molecule has 37 heavy (non-hydrogen) atoms. The molecule has 0 spiro atoms. The zero-order chi connectivity index (χ0) is 27.2. The second kappa shape index (κ2) is 12.3. The van der Waals surface area contributed by atoms with Gasteiger partial charge in [-0.05, 0) is 70.4 Å². The second-order valence-electron chi connectivity index (χ2n) is 10.2. The van der Waals surface area contributed by atoms with Crippen molar-refractivity contribution in [1.29, 1.82) is 0 Å². The lowest BCUT2D eigenvalue weighted by atomic mass is 10.0. The minimum Gasteiger partial charge on any atom is -0.496 e. The highest BCUT2D eigenvalue weighted by Crippen LogP contribution is 2.34. The minimum absolute atomic E-state index is 0.200. The highest BCUT2D eigenvalue weighted by Gasteiger charge is 2.24. The largest absolute Gasteiger partial charge is 0.496 e. The van der Waals surface area contributed by atoms with Crippen molar-refractivity contribution in [3.05, 3.63) is 65.4 Å². The average molecular weight is 511 g/mol. The Morgan fingerprint density at radius 2 is 1.70 bits per heavy atom. The summed E-state index contributed by atoms with van der Waals surface area (Å²) in [7, 11) is 3.05. The number of likely N-dealkylation sites (tertiary alicyclic amines) is 1. The van der Waals surface area contributed by atoms with Crippen molar-refractivity contribution in [3.8, 4) is 5.75 Å². The molecule has 0 aliphatic carbocycles. The van der Waals surface area contributed by atoms with Crippen LogP contribution in [0.5, 0.6) is 5.75 Å². The van der Waals surface area contributed by atoms with Gasteiger partial charge in [-0.1, -0.05) is 18.2 Å². The van der Waals surface area contributed by atoms with Crippen LogP contribution in [0.2, 0.25) is 0 Å². The van der Waals surface area contributed by atoms with E-state index in [9.17, 15) is 14.7 Å². The molecule has 1 aliphatic heterocycles. The van der Waals surface area contributed by atoms with Crippen LogP contribution >= 0.6 is 0 Å². The van der Waals surface area contributed by atoms with E-state index in [4.69, 9.17) is 9.47 Å². The van der Waals surface area contributed by atoms with Crippen molar-refractivity contribution in [2.24, 2.45) is 0 Å². The van der Waals surface area contributed by atoms with Crippen LogP contribution in [0, 0.1) is 6.92 Å². The number of fused-ring (bicyclic) bond motifs is 1. The molecule has 1 fully saturated rings. The van der Waals surface area contributed by atoms with Gasteiger partial charge in [0, 0.05) is 36.8 Å². The molecule has 2 aromatic carbocycles. The molecule has 1 aliphatic rings. The Morgan fingerprint density at radius 1 is 1.05 bits per heavy atom. The van der Waals surface area contributed by atoms with Gasteiger partial charge in [-0.3, -0.25) is 9.47 Å². The summed E-state index contributed by atoms with van der Waals surface area (Å²) >= 11 is 0. The summed E-state index contributed by atoms with van der Waals surface area (Å²) in [5.74, 6) is 0.536. The number of aryl methyl sites for hydroxylation is 1. The number of aliphatic hydroxyl groups excluding tert-OH is 1. The van der Waals surface area contributed by atoms with E-state index < -0.39 is 5.60 Å². The molecule has 0 unspecified atom stereocenters. The normalized spacial score (nSPS) is 14.6. The molecular weight excluding hydrogens is 472 g/mol. The Labute approximate surface area is 218 Å². The van der Waals surface area contributed by atoms with Gasteiger partial charge in [0.2, 0.25) is 0 Å². The van der Waals surface area contributed by atoms with E-state index in [1.807, 2.05) is 45.9 Å². The average Bonchev–Trinajstić information content (AvgIpc) is 3.32. The highest BCUT2D eigenvalue weighted by atomic mass is 16.6. The van der Waals surface area contributed by atoms with Gasteiger partial charge < -0.3 is 19.3 Å². The monoisotopic (exact) mass is 510 g/mol. The van der Waals surface area contributed by atoms with Gasteiger partial charge in [0.15, 0.2) is 0 Å². The van der Waals surface area contributed by atoms with Gasteiger partial charge in [0.05, 0.1) is 31.4 Å². The van der Waals surface area contributed by atoms with E-state index >= 15 is 0 Å². The maximum Gasteiger partial charge on any atom is 0.419 e. The molecule has 1 aromatic heterocycles. The molecule has 4 rings (SSSR count). The maximum atomic E-state index is 12.7. The molecule has 1 saturated heterocycles. The number of nitrogens with zero attached hydrogens (tertiary/aromatic N) is 2. The molecule has 0 amide bonds. The van der Waals surface area contributed by atoms with Crippen LogP contribution in [-0.2, 0) is 16.0 Å². The zero-order valence-electron chi connectivity index (χ0n) is 22.6. The summed E-state index contributed by atoms with van der Waals surface area (Å²) < 4.78 is 17.3. The topological polar surface area (TPSA) is 90.2 Å². The number of rotatable bonds is 4. The number of benzene rings is 2. The number of ether oxygens (including phenoxy) is 3. The van der Waals surface area contributed by atoms with Crippen molar-refractivity contribution in [2.45, 2.75) is 58.8 Å². The Morgan fingerprint density at radius 3 is 2.27 bits per heavy atom. The van der Waals surface area contributed by atoms with E-state index in [0.29, 0.717) is 5.56 Å². The van der Waals surface area contributed by atoms with Crippen LogP contribution in [-0.4, -0.2) is 65.7 Å². The van der Waals surface area contributed by atoms with Gasteiger partial charge in [0.1, 0.15) is 11.4 Å². The number of carbonyl (C=O) groups excluding carboxylic acids is 2. The van der Waals surface area contributed by atoms with Gasteiger partial charge in [-0.25, -0.2) is 9.59 Å². The molecular formula is C29H38N2O6. The van der Waals surface area contributed by atoms with Gasteiger partial charge >= 0.3 is 12.1 Å². The first-order valence-corrected chi connectivity index (χ1v) is 12.5. The quantitative estimate of drug-likeness (QED) is 0.484. The first-order chi connectivity index (χ1) is 17.5. The predicted octanol–water partition coefficient (Wildman–Crippen LogP) is 5.17. The fraction of sp³-hybridized carbons (Fsp3) is 0.448. The molecule has 0 radical (unpaired) electrons. The van der Waals surface area contributed by atoms with Crippen LogP contribution in [0.4, 0.5) is 4.79 Å². The number of aliphatic hydroxyl groups is 1. The third kappa shape index (κ3) is 7.33. The predicted molar refractivity (Wildman–Crippen MR) is 143 cm³/mol. The van der Waals surface area contributed by atoms with Crippen molar-refractivity contribution in [3.63, 3.8) is 0 Å². The van der Waals surface area contributed by atoms with Crippen molar-refractivity contribution in [1.82, 2.24) is 9.47 Å². The second-order valence-corrected chi connectivity index (χ2v) is 10.2. The van der Waals surface area contributed by atoms with Crippen LogP contribution in [0.15, 0.2) is 48.7 Å². The molecule has 3 aromatic rings. The Hall–Kier alpha value is -3.36. The van der Waals surface area contributed by atoms with E-state index in [0.717, 1.165) is 60.3 Å². The van der Waals surface area contributed by atoms with Crippen LogP contribution in [0.3, 0.4) is 0 Å². The number of hydrogen-bond acceptors (Lipinski definition) is 7. The summed E-state index contributed by atoms with van der Waals surface area (Å²) in [5.41, 5.74) is 2.93. The van der Waals surface area contributed by atoms with E-state index in [1.54, 1.807) is 42.1 Å². The lowest BCUT2D eigenvalue weighted by Crippen LogP contribution is -2.35. The van der Waals surface area contributed by atoms with E-state index in [1.165, 1.54) is 7.11 Å². The Balaban J connectivity index is 0.000000319. The molecule has 0 bridgehead atoms. The maximum absolute atomic E-state index is 12.7. The Kier molecular flexibility index (Phi) is 9.34. The molecule has 0 saturated carbocycles. The summed E-state index contributed by atoms with van der Waals surface area (Å²) in [4.78, 5) is 25.8. The van der Waals surface area contributed by atoms with Crippen LogP contribution < -0.4 is 4.74 Å². The standard InChI is InChI=1S/C21H30N2O4.C8H8O2/c1-14-12-18(26-5)17(13-22-9-6-15(24)7-10-22)16-8-11-23(19(14)16)20(25)27-21(2,3)4;1-10-8(9)7-5-3-2-4-6-7/h8,11-12,15,24H,6-7,9-10,13H2,1-5H3;2-6H,1H3. The number of aromatic nitrogens is 1. The van der Waals surface area contributed by atoms with Crippen molar-refractivity contribution >= 4 is 23.0 Å². The van der Waals surface area contributed by atoms with Crippen LogP contribution in [0.25, 0.3) is 10.9 Å². The number of methoxy groups -OCH3 is 2. The van der Waals surface area contributed by atoms with Crippen molar-refractivity contribution in [2.75, 3.05) is 27.3 Å². The lowest BCUT2D eigenvalue weighted by Gasteiger charge is -2.30. The molecule has 8 nitrogen and oxygen atoms in total. The fourth-order valence-electron chi connectivity index (χ4n) is 4.36. The zero-order valence-corrected chi connectivity index (χ0v) is 22.6. The third-order valence-corrected chi connectivity index (χ3v) is 6.17. The lowest BCUT2D eigenvalue weighted by molar-refractivity contribution is 0.0542. The van der Waals surface area contributed by atoms with E-state index in [-0.39, 0.29) is 18.2 Å². The van der Waals surface area contributed by atoms with E-state index in [2.05, 4.69) is 9.64 Å². The summed E-state index contributed by atoms with van der Waals surface area (Å²) in [5, 5.41) is 10.8. The molecule has 8 heteroatoms. The molecule has 0 atom stereocenters. The number of esters is 1. The third-order valence-electron chi connectivity index (χ3n) is 6.17. The number of hydrogen-bond donors (Lipinski definition) is 1. The minimum atomic E-state index is -0.550. The smallest absolute Gasteiger partial charge is 0.419 e.